The highest BCUT2D eigenvalue weighted by Gasteiger charge is 2.65. The lowest BCUT2D eigenvalue weighted by atomic mass is 9.48. The number of ketones is 1. The largest absolute Gasteiger partial charge is 0.462 e. The molecule has 2 fully saturated rings. The third-order valence-electron chi connectivity index (χ3n) is 9.49. The molecule has 4 rings (SSSR count). The number of Topliss-reactive ketones (excluding diaryl/α,β-unsaturated/α-hetero) is 1. The van der Waals surface area contributed by atoms with Crippen LogP contribution >= 0.6 is 0 Å². The van der Waals surface area contributed by atoms with E-state index in [-0.39, 0.29) is 18.6 Å². The van der Waals surface area contributed by atoms with Crippen molar-refractivity contribution in [1.82, 2.24) is 0 Å². The highest BCUT2D eigenvalue weighted by molar-refractivity contribution is 5.97. The lowest BCUT2D eigenvalue weighted by Crippen LogP contribution is -2.67. The molecule has 0 saturated heterocycles. The van der Waals surface area contributed by atoms with Crippen molar-refractivity contribution in [3.8, 4) is 0 Å². The molecular weight excluding hydrogens is 540 g/mol. The molecular formula is C33H40O9. The maximum Gasteiger partial charge on any atom is 0.331 e. The van der Waals surface area contributed by atoms with Crippen LogP contribution in [0.25, 0.3) is 6.08 Å². The Kier molecular flexibility index (Phi) is 8.67. The molecule has 0 amide bonds. The van der Waals surface area contributed by atoms with Gasteiger partial charge in [-0.1, -0.05) is 57.7 Å². The minimum Gasteiger partial charge on any atom is -0.462 e. The summed E-state index contributed by atoms with van der Waals surface area (Å²) in [4.78, 5) is 51.1. The summed E-state index contributed by atoms with van der Waals surface area (Å²) in [6.45, 7) is 13.7. The highest BCUT2D eigenvalue weighted by atomic mass is 16.6. The standard InChI is InChI=1S/C33H40O9/c1-17-23(36)15-22-29(40-19(3)34)28-18(2)24(42-26(38)14-13-21-11-9-8-10-12-21)16-25(37)33(28,7)31(39)30(41-20(4)35)27(17)32(22,5)6/h8-14,22,24-25,28-31,37,39H,2,15-16H2,1,3-7H3/b14-13+/t22-,24?,25?,28-,29?,30?,31?,33+/m0/s1. The van der Waals surface area contributed by atoms with Gasteiger partial charge in [0.2, 0.25) is 0 Å². The zero-order chi connectivity index (χ0) is 31.1. The monoisotopic (exact) mass is 580 g/mol. The van der Waals surface area contributed by atoms with Gasteiger partial charge in [0.25, 0.3) is 0 Å². The summed E-state index contributed by atoms with van der Waals surface area (Å²) in [6.07, 6.45) is -3.29. The molecule has 0 aromatic heterocycles. The minimum atomic E-state index is -1.53. The van der Waals surface area contributed by atoms with E-state index in [1.165, 1.54) is 19.9 Å². The number of allylic oxidation sites excluding steroid dienone is 1. The molecule has 9 heteroatoms. The van der Waals surface area contributed by atoms with Crippen LogP contribution in [0.4, 0.5) is 0 Å². The van der Waals surface area contributed by atoms with Crippen molar-refractivity contribution < 1.29 is 43.6 Å². The molecule has 9 nitrogen and oxygen atoms in total. The average molecular weight is 581 g/mol. The van der Waals surface area contributed by atoms with E-state index < -0.39 is 71.1 Å². The molecule has 0 heterocycles. The molecule has 2 saturated carbocycles. The van der Waals surface area contributed by atoms with Gasteiger partial charge in [0.1, 0.15) is 18.3 Å². The van der Waals surface area contributed by atoms with Gasteiger partial charge in [-0.3, -0.25) is 14.4 Å². The van der Waals surface area contributed by atoms with Crippen molar-refractivity contribution in [1.29, 1.82) is 0 Å². The van der Waals surface area contributed by atoms with Crippen LogP contribution in [0, 0.1) is 22.7 Å². The highest BCUT2D eigenvalue weighted by Crippen LogP contribution is 2.60. The van der Waals surface area contributed by atoms with Gasteiger partial charge in [-0.15, -0.1) is 0 Å². The zero-order valence-electron chi connectivity index (χ0n) is 25.0. The number of hydrogen-bond donors (Lipinski definition) is 2. The Morgan fingerprint density at radius 1 is 1.00 bits per heavy atom. The number of carbonyl (C=O) groups is 4. The SMILES string of the molecule is C=C1C(OC(=O)/C=C/c2ccccc2)CC(O)[C@@]2(C)C(O)C(OC(C)=O)C3=C(C)C(=O)C[C@@H](C(OC(C)=O)[C@H]12)C3(C)C. The van der Waals surface area contributed by atoms with Crippen LogP contribution in [-0.4, -0.2) is 64.4 Å². The number of benzene rings is 1. The molecule has 226 valence electrons. The first-order chi connectivity index (χ1) is 19.6. The second-order valence-corrected chi connectivity index (χ2v) is 12.4. The van der Waals surface area contributed by atoms with Crippen LogP contribution in [0.5, 0.6) is 0 Å². The molecule has 42 heavy (non-hydrogen) atoms. The van der Waals surface area contributed by atoms with Gasteiger partial charge in [0.15, 0.2) is 11.9 Å². The summed E-state index contributed by atoms with van der Waals surface area (Å²) in [5.41, 5.74) is -0.433. The Bertz CT molecular complexity index is 1340. The van der Waals surface area contributed by atoms with Gasteiger partial charge in [-0.2, -0.15) is 0 Å². The predicted molar refractivity (Wildman–Crippen MR) is 153 cm³/mol. The molecule has 2 N–H and O–H groups in total. The molecule has 0 radical (unpaired) electrons. The summed E-state index contributed by atoms with van der Waals surface area (Å²) in [6, 6.07) is 9.19. The number of fused-ring (bicyclic) bond motifs is 3. The molecule has 0 aliphatic heterocycles. The maximum atomic E-state index is 13.3. The van der Waals surface area contributed by atoms with Crippen molar-refractivity contribution in [3.05, 3.63) is 65.3 Å². The number of rotatable bonds is 5. The fraction of sp³-hybridized carbons (Fsp3) is 0.515. The average Bonchev–Trinajstić information content (AvgIpc) is 2.91. The Labute approximate surface area is 246 Å². The fourth-order valence-electron chi connectivity index (χ4n) is 7.30. The first-order valence-electron chi connectivity index (χ1n) is 14.2. The van der Waals surface area contributed by atoms with Crippen molar-refractivity contribution in [3.63, 3.8) is 0 Å². The van der Waals surface area contributed by atoms with Crippen molar-refractivity contribution in [2.24, 2.45) is 22.7 Å². The van der Waals surface area contributed by atoms with Crippen LogP contribution in [0.2, 0.25) is 0 Å². The number of aliphatic hydroxyl groups is 2. The van der Waals surface area contributed by atoms with Crippen LogP contribution in [0.3, 0.4) is 0 Å². The number of hydrogen-bond acceptors (Lipinski definition) is 9. The smallest absolute Gasteiger partial charge is 0.331 e. The van der Waals surface area contributed by atoms with Gasteiger partial charge in [0, 0.05) is 50.0 Å². The van der Waals surface area contributed by atoms with E-state index in [0.717, 1.165) is 5.56 Å². The predicted octanol–water partition coefficient (Wildman–Crippen LogP) is 3.72. The van der Waals surface area contributed by atoms with E-state index in [1.807, 2.05) is 44.2 Å². The molecule has 5 unspecified atom stereocenters. The zero-order valence-corrected chi connectivity index (χ0v) is 25.0. The van der Waals surface area contributed by atoms with Gasteiger partial charge >= 0.3 is 17.9 Å². The Hall–Kier alpha value is -3.56. The molecule has 3 aliphatic rings. The van der Waals surface area contributed by atoms with Crippen LogP contribution in [0.15, 0.2) is 59.7 Å². The van der Waals surface area contributed by atoms with Crippen molar-refractivity contribution in [2.45, 2.75) is 84.9 Å². The Morgan fingerprint density at radius 2 is 1.62 bits per heavy atom. The molecule has 1 aromatic rings. The van der Waals surface area contributed by atoms with Crippen LogP contribution in [0.1, 0.15) is 59.9 Å². The van der Waals surface area contributed by atoms with Gasteiger partial charge in [-0.05, 0) is 40.7 Å². The minimum absolute atomic E-state index is 0.0173. The quantitative estimate of drug-likeness (QED) is 0.231. The second-order valence-electron chi connectivity index (χ2n) is 12.4. The normalized spacial score (nSPS) is 34.2. The molecule has 3 aliphatic carbocycles. The van der Waals surface area contributed by atoms with E-state index in [1.54, 1.807) is 19.9 Å². The van der Waals surface area contributed by atoms with Crippen LogP contribution in [-0.2, 0) is 33.4 Å². The molecule has 2 bridgehead atoms. The third kappa shape index (κ3) is 5.47. The number of carbonyl (C=O) groups excluding carboxylic acids is 4. The summed E-state index contributed by atoms with van der Waals surface area (Å²) < 4.78 is 17.4. The van der Waals surface area contributed by atoms with E-state index >= 15 is 0 Å². The van der Waals surface area contributed by atoms with Crippen molar-refractivity contribution >= 4 is 29.8 Å². The van der Waals surface area contributed by atoms with Crippen LogP contribution < -0.4 is 0 Å². The van der Waals surface area contributed by atoms with E-state index in [0.29, 0.717) is 16.7 Å². The summed E-state index contributed by atoms with van der Waals surface area (Å²) in [5, 5.41) is 23.8. The van der Waals surface area contributed by atoms with Gasteiger partial charge in [0.05, 0.1) is 6.10 Å². The number of esters is 3. The number of ether oxygens (including phenoxy) is 3. The molecule has 0 spiro atoms. The lowest BCUT2D eigenvalue weighted by Gasteiger charge is -2.60. The van der Waals surface area contributed by atoms with Gasteiger partial charge in [-0.25, -0.2) is 4.79 Å². The van der Waals surface area contributed by atoms with E-state index in [2.05, 4.69) is 6.58 Å². The van der Waals surface area contributed by atoms with Gasteiger partial charge < -0.3 is 24.4 Å². The maximum absolute atomic E-state index is 13.3. The first kappa shape index (κ1) is 31.4. The fourth-order valence-corrected chi connectivity index (χ4v) is 7.30. The van der Waals surface area contributed by atoms with E-state index in [9.17, 15) is 29.4 Å². The summed E-state index contributed by atoms with van der Waals surface area (Å²) in [7, 11) is 0. The third-order valence-corrected chi connectivity index (χ3v) is 9.49. The topological polar surface area (TPSA) is 136 Å². The first-order valence-corrected chi connectivity index (χ1v) is 14.2. The summed E-state index contributed by atoms with van der Waals surface area (Å²) in [5.74, 6) is -3.76. The second kappa shape index (κ2) is 11.6. The molecule has 1 aromatic carbocycles. The number of aliphatic hydroxyl groups excluding tert-OH is 2. The summed E-state index contributed by atoms with van der Waals surface area (Å²) >= 11 is 0. The molecule has 8 atom stereocenters. The van der Waals surface area contributed by atoms with Crippen molar-refractivity contribution in [2.75, 3.05) is 0 Å². The Morgan fingerprint density at radius 3 is 2.21 bits per heavy atom. The lowest BCUT2D eigenvalue weighted by molar-refractivity contribution is -0.212. The van der Waals surface area contributed by atoms with E-state index in [4.69, 9.17) is 14.2 Å². The Balaban J connectivity index is 1.83.